The molecule has 1 fully saturated rings. The Morgan fingerprint density at radius 2 is 1.85 bits per heavy atom. The highest BCUT2D eigenvalue weighted by molar-refractivity contribution is 6.03. The molecule has 2 aromatic rings. The number of likely N-dealkylation sites (tertiary alicyclic amines) is 1. The molecule has 1 saturated heterocycles. The number of fused-ring (bicyclic) bond motifs is 1. The summed E-state index contributed by atoms with van der Waals surface area (Å²) in [6.07, 6.45) is 1.43. The van der Waals surface area contributed by atoms with E-state index in [2.05, 4.69) is 19.2 Å². The van der Waals surface area contributed by atoms with Gasteiger partial charge in [0.1, 0.15) is 0 Å². The fourth-order valence-corrected chi connectivity index (χ4v) is 3.87. The summed E-state index contributed by atoms with van der Waals surface area (Å²) in [5, 5.41) is 4.19. The van der Waals surface area contributed by atoms with Crippen molar-refractivity contribution >= 4 is 28.4 Å². The van der Waals surface area contributed by atoms with Gasteiger partial charge in [0.2, 0.25) is 11.8 Å². The van der Waals surface area contributed by atoms with Crippen molar-refractivity contribution < 1.29 is 9.59 Å². The molecule has 5 heteroatoms. The summed E-state index contributed by atoms with van der Waals surface area (Å²) < 4.78 is 0. The van der Waals surface area contributed by atoms with Crippen LogP contribution in [-0.2, 0) is 9.59 Å². The molecule has 2 heterocycles. The molecule has 0 atom stereocenters. The van der Waals surface area contributed by atoms with Gasteiger partial charge >= 0.3 is 0 Å². The van der Waals surface area contributed by atoms with E-state index < -0.39 is 0 Å². The van der Waals surface area contributed by atoms with Crippen molar-refractivity contribution in [2.24, 2.45) is 5.92 Å². The van der Waals surface area contributed by atoms with Crippen molar-refractivity contribution in [3.8, 4) is 0 Å². The van der Waals surface area contributed by atoms with Crippen LogP contribution in [0.2, 0.25) is 0 Å². The normalized spacial score (nSPS) is 15.5. The summed E-state index contributed by atoms with van der Waals surface area (Å²) in [4.78, 5) is 31.0. The second-order valence-electron chi connectivity index (χ2n) is 7.43. The van der Waals surface area contributed by atoms with E-state index in [-0.39, 0.29) is 23.7 Å². The number of hydrogen-bond acceptors (Lipinski definition) is 3. The SMILES string of the molecule is CC(=O)N1CCC(C(=O)Nc2c(C(C)C)c(C)nc3ccccc23)CC1. The van der Waals surface area contributed by atoms with Gasteiger partial charge in [-0.15, -0.1) is 0 Å². The first-order valence-electron chi connectivity index (χ1n) is 9.34. The predicted octanol–water partition coefficient (Wildman–Crippen LogP) is 3.86. The highest BCUT2D eigenvalue weighted by Gasteiger charge is 2.27. The minimum atomic E-state index is -0.0576. The van der Waals surface area contributed by atoms with Gasteiger partial charge in [0.15, 0.2) is 0 Å². The first-order valence-corrected chi connectivity index (χ1v) is 9.34. The summed E-state index contributed by atoms with van der Waals surface area (Å²) in [6.45, 7) is 9.14. The lowest BCUT2D eigenvalue weighted by Crippen LogP contribution is -2.40. The maximum atomic E-state index is 12.9. The van der Waals surface area contributed by atoms with Gasteiger partial charge in [-0.3, -0.25) is 14.6 Å². The van der Waals surface area contributed by atoms with E-state index >= 15 is 0 Å². The van der Waals surface area contributed by atoms with Crippen molar-refractivity contribution in [1.29, 1.82) is 0 Å². The Kier molecular flexibility index (Phi) is 5.25. The number of carbonyl (C=O) groups is 2. The topological polar surface area (TPSA) is 62.3 Å². The molecule has 0 aliphatic carbocycles. The zero-order valence-corrected chi connectivity index (χ0v) is 16.0. The third kappa shape index (κ3) is 3.57. The number of amides is 2. The van der Waals surface area contributed by atoms with Crippen LogP contribution >= 0.6 is 0 Å². The van der Waals surface area contributed by atoms with Gasteiger partial charge in [-0.25, -0.2) is 0 Å². The van der Waals surface area contributed by atoms with E-state index in [9.17, 15) is 9.59 Å². The van der Waals surface area contributed by atoms with Crippen LogP contribution in [0.15, 0.2) is 24.3 Å². The van der Waals surface area contributed by atoms with Gasteiger partial charge in [-0.1, -0.05) is 32.0 Å². The highest BCUT2D eigenvalue weighted by Crippen LogP contribution is 2.34. The largest absolute Gasteiger partial charge is 0.343 e. The van der Waals surface area contributed by atoms with E-state index in [1.807, 2.05) is 36.1 Å². The van der Waals surface area contributed by atoms with Crippen molar-refractivity contribution in [3.05, 3.63) is 35.5 Å². The quantitative estimate of drug-likeness (QED) is 0.911. The Morgan fingerprint density at radius 1 is 1.19 bits per heavy atom. The first-order chi connectivity index (χ1) is 12.4. The summed E-state index contributed by atoms with van der Waals surface area (Å²) in [7, 11) is 0. The number of nitrogens with one attached hydrogen (secondary N) is 1. The fraction of sp³-hybridized carbons (Fsp3) is 0.476. The van der Waals surface area contributed by atoms with Crippen LogP contribution in [0.1, 0.15) is 50.8 Å². The molecule has 3 rings (SSSR count). The minimum Gasteiger partial charge on any atom is -0.343 e. The molecule has 1 N–H and O–H groups in total. The monoisotopic (exact) mass is 353 g/mol. The fourth-order valence-electron chi connectivity index (χ4n) is 3.87. The van der Waals surface area contributed by atoms with Crippen molar-refractivity contribution in [3.63, 3.8) is 0 Å². The molecule has 1 aliphatic rings. The Morgan fingerprint density at radius 3 is 2.46 bits per heavy atom. The number of piperidine rings is 1. The molecule has 138 valence electrons. The van der Waals surface area contributed by atoms with E-state index in [1.165, 1.54) is 0 Å². The van der Waals surface area contributed by atoms with Crippen LogP contribution < -0.4 is 5.32 Å². The number of anilines is 1. The average Bonchev–Trinajstić information content (AvgIpc) is 2.61. The number of rotatable bonds is 3. The molecule has 0 saturated carbocycles. The molecule has 0 spiro atoms. The minimum absolute atomic E-state index is 0.0471. The number of para-hydroxylation sites is 1. The van der Waals surface area contributed by atoms with Crippen LogP contribution in [0.3, 0.4) is 0 Å². The van der Waals surface area contributed by atoms with Crippen LogP contribution in [0.25, 0.3) is 10.9 Å². The summed E-state index contributed by atoms with van der Waals surface area (Å²) in [6, 6.07) is 7.94. The summed E-state index contributed by atoms with van der Waals surface area (Å²) >= 11 is 0. The maximum Gasteiger partial charge on any atom is 0.227 e. The van der Waals surface area contributed by atoms with Crippen molar-refractivity contribution in [2.45, 2.75) is 46.5 Å². The van der Waals surface area contributed by atoms with Crippen LogP contribution in [0.5, 0.6) is 0 Å². The molecular formula is C21H27N3O2. The Labute approximate surface area is 154 Å². The Bertz CT molecular complexity index is 837. The number of aromatic nitrogens is 1. The van der Waals surface area contributed by atoms with Gasteiger partial charge in [0.25, 0.3) is 0 Å². The predicted molar refractivity (Wildman–Crippen MR) is 104 cm³/mol. The van der Waals surface area contributed by atoms with Crippen molar-refractivity contribution in [1.82, 2.24) is 9.88 Å². The third-order valence-electron chi connectivity index (χ3n) is 5.26. The molecule has 0 radical (unpaired) electrons. The average molecular weight is 353 g/mol. The van der Waals surface area contributed by atoms with Crippen LogP contribution in [-0.4, -0.2) is 34.8 Å². The number of hydrogen-bond donors (Lipinski definition) is 1. The zero-order valence-electron chi connectivity index (χ0n) is 16.0. The third-order valence-corrected chi connectivity index (χ3v) is 5.26. The Balaban J connectivity index is 1.89. The summed E-state index contributed by atoms with van der Waals surface area (Å²) in [5.74, 6) is 0.340. The van der Waals surface area contributed by atoms with Gasteiger partial charge in [-0.2, -0.15) is 0 Å². The second-order valence-corrected chi connectivity index (χ2v) is 7.43. The van der Waals surface area contributed by atoms with Gasteiger partial charge in [0, 0.05) is 42.6 Å². The van der Waals surface area contributed by atoms with E-state index in [0.717, 1.165) is 27.8 Å². The van der Waals surface area contributed by atoms with E-state index in [1.54, 1.807) is 6.92 Å². The Hall–Kier alpha value is -2.43. The second kappa shape index (κ2) is 7.44. The molecule has 1 aromatic carbocycles. The highest BCUT2D eigenvalue weighted by atomic mass is 16.2. The number of nitrogens with zero attached hydrogens (tertiary/aromatic N) is 2. The summed E-state index contributed by atoms with van der Waals surface area (Å²) in [5.41, 5.74) is 3.84. The molecule has 0 bridgehead atoms. The van der Waals surface area contributed by atoms with Gasteiger partial charge in [-0.05, 0) is 31.7 Å². The number of pyridine rings is 1. The molecule has 0 unspecified atom stereocenters. The van der Waals surface area contributed by atoms with E-state index in [0.29, 0.717) is 25.9 Å². The van der Waals surface area contributed by atoms with Gasteiger partial charge < -0.3 is 10.2 Å². The number of carbonyl (C=O) groups excluding carboxylic acids is 2. The molecule has 5 nitrogen and oxygen atoms in total. The van der Waals surface area contributed by atoms with E-state index in [4.69, 9.17) is 4.98 Å². The van der Waals surface area contributed by atoms with Crippen LogP contribution in [0.4, 0.5) is 5.69 Å². The lowest BCUT2D eigenvalue weighted by atomic mass is 9.93. The molecule has 26 heavy (non-hydrogen) atoms. The van der Waals surface area contributed by atoms with Crippen molar-refractivity contribution in [2.75, 3.05) is 18.4 Å². The first kappa shape index (κ1) is 18.4. The lowest BCUT2D eigenvalue weighted by molar-refractivity contribution is -0.132. The molecule has 1 aliphatic heterocycles. The number of benzene rings is 1. The smallest absolute Gasteiger partial charge is 0.227 e. The number of aryl methyl sites for hydroxylation is 1. The molecule has 1 aromatic heterocycles. The maximum absolute atomic E-state index is 12.9. The van der Waals surface area contributed by atoms with Crippen LogP contribution in [0, 0.1) is 12.8 Å². The zero-order chi connectivity index (χ0) is 18.8. The lowest BCUT2D eigenvalue weighted by Gasteiger charge is -2.31. The standard InChI is InChI=1S/C21H27N3O2/c1-13(2)19-14(3)22-18-8-6-5-7-17(18)20(19)23-21(26)16-9-11-24(12-10-16)15(4)25/h5-8,13,16H,9-12H2,1-4H3,(H,22,23,26). The van der Waals surface area contributed by atoms with Gasteiger partial charge in [0.05, 0.1) is 11.2 Å². The molecule has 2 amide bonds. The molecular weight excluding hydrogens is 326 g/mol.